The highest BCUT2D eigenvalue weighted by Crippen LogP contribution is 2.35. The molecule has 9 heteroatoms. The average Bonchev–Trinajstić information content (AvgIpc) is 3.48. The Labute approximate surface area is 221 Å². The van der Waals surface area contributed by atoms with Crippen molar-refractivity contribution in [3.8, 4) is 17.1 Å². The molecule has 3 heterocycles. The van der Waals surface area contributed by atoms with Crippen LogP contribution in [-0.4, -0.2) is 24.3 Å². The van der Waals surface area contributed by atoms with E-state index in [9.17, 15) is 9.59 Å². The van der Waals surface area contributed by atoms with Gasteiger partial charge in [-0.3, -0.25) is 9.36 Å². The van der Waals surface area contributed by atoms with Gasteiger partial charge in [0.1, 0.15) is 23.3 Å². The van der Waals surface area contributed by atoms with Crippen LogP contribution in [0.3, 0.4) is 0 Å². The number of hydrogen-bond donors (Lipinski definition) is 0. The van der Waals surface area contributed by atoms with Crippen molar-refractivity contribution in [3.63, 3.8) is 0 Å². The predicted molar refractivity (Wildman–Crippen MR) is 143 cm³/mol. The first-order valence-electron chi connectivity index (χ1n) is 11.6. The van der Waals surface area contributed by atoms with Gasteiger partial charge >= 0.3 is 5.97 Å². The van der Waals surface area contributed by atoms with Crippen LogP contribution in [0.1, 0.15) is 31.2 Å². The fourth-order valence-electron chi connectivity index (χ4n) is 4.31. The van der Waals surface area contributed by atoms with Gasteiger partial charge in [-0.25, -0.2) is 9.79 Å². The number of rotatable bonds is 6. The van der Waals surface area contributed by atoms with Gasteiger partial charge in [0.25, 0.3) is 5.56 Å². The van der Waals surface area contributed by atoms with E-state index in [1.54, 1.807) is 51.3 Å². The molecule has 1 aliphatic rings. The zero-order chi connectivity index (χ0) is 26.1. The Hall–Kier alpha value is -3.88. The molecule has 0 N–H and O–H groups in total. The number of furan rings is 1. The number of ether oxygens (including phenoxy) is 2. The highest BCUT2D eigenvalue weighted by molar-refractivity contribution is 7.07. The molecule has 2 aromatic heterocycles. The largest absolute Gasteiger partial charge is 0.496 e. The number of methoxy groups -OCH3 is 1. The summed E-state index contributed by atoms with van der Waals surface area (Å²) in [4.78, 5) is 31.9. The molecule has 0 fully saturated rings. The van der Waals surface area contributed by atoms with Crippen molar-refractivity contribution in [2.75, 3.05) is 13.7 Å². The summed E-state index contributed by atoms with van der Waals surface area (Å²) in [6.07, 6.45) is 1.69. The van der Waals surface area contributed by atoms with Crippen LogP contribution in [0.25, 0.3) is 17.4 Å². The molecule has 0 bridgehead atoms. The molecule has 1 aliphatic heterocycles. The summed E-state index contributed by atoms with van der Waals surface area (Å²) in [6.45, 7) is 3.69. The first kappa shape index (κ1) is 24.8. The third-order valence-corrected chi connectivity index (χ3v) is 7.21. The number of aromatic nitrogens is 1. The van der Waals surface area contributed by atoms with Crippen molar-refractivity contribution in [2.24, 2.45) is 4.99 Å². The summed E-state index contributed by atoms with van der Waals surface area (Å²) in [5.41, 5.74) is 2.03. The second kappa shape index (κ2) is 10.2. The second-order valence-corrected chi connectivity index (χ2v) is 9.70. The van der Waals surface area contributed by atoms with Crippen LogP contribution >= 0.6 is 22.9 Å². The number of esters is 1. The van der Waals surface area contributed by atoms with E-state index in [0.717, 1.165) is 5.56 Å². The van der Waals surface area contributed by atoms with Crippen LogP contribution in [-0.2, 0) is 9.53 Å². The fraction of sp³-hybridized carbons (Fsp3) is 0.179. The van der Waals surface area contributed by atoms with E-state index in [0.29, 0.717) is 48.5 Å². The molecule has 1 atom stereocenters. The minimum absolute atomic E-state index is 0.202. The molecule has 188 valence electrons. The first-order chi connectivity index (χ1) is 17.9. The number of fused-ring (bicyclic) bond motifs is 1. The lowest BCUT2D eigenvalue weighted by Crippen LogP contribution is -2.40. The van der Waals surface area contributed by atoms with E-state index in [-0.39, 0.29) is 12.2 Å². The van der Waals surface area contributed by atoms with Crippen molar-refractivity contribution in [3.05, 3.63) is 108 Å². The number of benzene rings is 2. The van der Waals surface area contributed by atoms with Crippen LogP contribution in [0, 0.1) is 0 Å². The SMILES string of the molecule is CCOC(=O)C1=C(C)N=c2s/c(=C\c3ccc(-c4ccc(Cl)cc4)o3)c(=O)n2C1c1ccccc1OC. The van der Waals surface area contributed by atoms with E-state index in [1.165, 1.54) is 15.9 Å². The molecular weight excluding hydrogens is 512 g/mol. The number of allylic oxidation sites excluding steroid dienone is 1. The van der Waals surface area contributed by atoms with Gasteiger partial charge in [0, 0.05) is 22.2 Å². The third-order valence-electron chi connectivity index (χ3n) is 5.98. The molecule has 0 saturated heterocycles. The molecule has 0 spiro atoms. The van der Waals surface area contributed by atoms with Crippen LogP contribution in [0.15, 0.2) is 86.1 Å². The summed E-state index contributed by atoms with van der Waals surface area (Å²) in [5.74, 6) is 1.21. The lowest BCUT2D eigenvalue weighted by Gasteiger charge is -2.25. The van der Waals surface area contributed by atoms with E-state index in [2.05, 4.69) is 4.99 Å². The molecule has 2 aromatic carbocycles. The smallest absolute Gasteiger partial charge is 0.338 e. The summed E-state index contributed by atoms with van der Waals surface area (Å²) >= 11 is 7.22. The minimum atomic E-state index is -0.755. The number of para-hydroxylation sites is 1. The Bertz CT molecular complexity index is 1700. The molecule has 0 aliphatic carbocycles. The van der Waals surface area contributed by atoms with Gasteiger partial charge in [0.2, 0.25) is 0 Å². The molecule has 37 heavy (non-hydrogen) atoms. The average molecular weight is 535 g/mol. The van der Waals surface area contributed by atoms with Crippen molar-refractivity contribution >= 4 is 35.0 Å². The van der Waals surface area contributed by atoms with Crippen molar-refractivity contribution < 1.29 is 18.7 Å². The van der Waals surface area contributed by atoms with E-state index in [1.807, 2.05) is 36.4 Å². The number of thiazole rings is 1. The van der Waals surface area contributed by atoms with Gasteiger partial charge < -0.3 is 13.9 Å². The maximum atomic E-state index is 13.8. The van der Waals surface area contributed by atoms with E-state index in [4.69, 9.17) is 25.5 Å². The number of carbonyl (C=O) groups is 1. The number of halogens is 1. The van der Waals surface area contributed by atoms with Gasteiger partial charge in [-0.2, -0.15) is 0 Å². The van der Waals surface area contributed by atoms with Crippen molar-refractivity contribution in [1.82, 2.24) is 4.57 Å². The van der Waals surface area contributed by atoms with Crippen molar-refractivity contribution in [2.45, 2.75) is 19.9 Å². The highest BCUT2D eigenvalue weighted by Gasteiger charge is 2.34. The van der Waals surface area contributed by atoms with E-state index >= 15 is 0 Å². The van der Waals surface area contributed by atoms with Gasteiger partial charge in [-0.15, -0.1) is 0 Å². The Morgan fingerprint density at radius 3 is 2.65 bits per heavy atom. The Balaban J connectivity index is 1.66. The summed E-state index contributed by atoms with van der Waals surface area (Å²) < 4.78 is 18.9. The zero-order valence-corrected chi connectivity index (χ0v) is 21.9. The monoisotopic (exact) mass is 534 g/mol. The maximum absolute atomic E-state index is 13.8. The second-order valence-electron chi connectivity index (χ2n) is 8.25. The first-order valence-corrected chi connectivity index (χ1v) is 12.8. The number of hydrogen-bond acceptors (Lipinski definition) is 7. The molecule has 1 unspecified atom stereocenters. The van der Waals surface area contributed by atoms with E-state index < -0.39 is 12.0 Å². The lowest BCUT2D eigenvalue weighted by molar-refractivity contribution is -0.139. The zero-order valence-electron chi connectivity index (χ0n) is 20.4. The third kappa shape index (κ3) is 4.65. The number of carbonyl (C=O) groups excluding carboxylic acids is 1. The van der Waals surface area contributed by atoms with Crippen LogP contribution < -0.4 is 19.6 Å². The van der Waals surface area contributed by atoms with Crippen LogP contribution in [0.4, 0.5) is 0 Å². The normalized spacial score (nSPS) is 15.4. The van der Waals surface area contributed by atoms with Gasteiger partial charge in [-0.05, 0) is 56.3 Å². The quantitative estimate of drug-likeness (QED) is 0.334. The highest BCUT2D eigenvalue weighted by atomic mass is 35.5. The molecular formula is C28H23ClN2O5S. The summed E-state index contributed by atoms with van der Waals surface area (Å²) in [6, 6.07) is 17.5. The van der Waals surface area contributed by atoms with Gasteiger partial charge in [0.05, 0.1) is 29.5 Å². The van der Waals surface area contributed by atoms with Crippen LogP contribution in [0.5, 0.6) is 5.75 Å². The minimum Gasteiger partial charge on any atom is -0.496 e. The Kier molecular flexibility index (Phi) is 6.86. The van der Waals surface area contributed by atoms with Gasteiger partial charge in [0.15, 0.2) is 4.80 Å². The molecule has 0 radical (unpaired) electrons. The predicted octanol–water partition coefficient (Wildman–Crippen LogP) is 4.72. The fourth-order valence-corrected chi connectivity index (χ4v) is 5.46. The summed E-state index contributed by atoms with van der Waals surface area (Å²) in [5, 5.41) is 0.638. The molecule has 5 rings (SSSR count). The topological polar surface area (TPSA) is 83.0 Å². The molecule has 7 nitrogen and oxygen atoms in total. The summed E-state index contributed by atoms with van der Waals surface area (Å²) in [7, 11) is 1.55. The lowest BCUT2D eigenvalue weighted by atomic mass is 9.95. The van der Waals surface area contributed by atoms with Crippen LogP contribution in [0.2, 0.25) is 5.02 Å². The number of nitrogens with zero attached hydrogens (tertiary/aromatic N) is 2. The molecule has 0 saturated carbocycles. The van der Waals surface area contributed by atoms with Crippen molar-refractivity contribution in [1.29, 1.82) is 0 Å². The van der Waals surface area contributed by atoms with Gasteiger partial charge in [-0.1, -0.05) is 41.1 Å². The standard InChI is InChI=1S/C28H23ClN2O5S/c1-4-35-27(33)24-16(2)30-28-31(25(24)20-7-5-6-8-22(20)34-3)26(32)23(37-28)15-19-13-14-21(36-19)17-9-11-18(29)12-10-17/h5-15,25H,4H2,1-3H3/b23-15-. The Morgan fingerprint density at radius 2 is 1.92 bits per heavy atom. The molecule has 4 aromatic rings. The Morgan fingerprint density at radius 1 is 1.16 bits per heavy atom. The maximum Gasteiger partial charge on any atom is 0.338 e. The molecule has 0 amide bonds.